The molecule has 0 saturated heterocycles. The molecule has 1 heterocycles. The minimum atomic E-state index is -2.90. The Bertz CT molecular complexity index is 512. The molecule has 1 aromatic rings. The van der Waals surface area contributed by atoms with Crippen LogP contribution in [-0.4, -0.2) is 21.0 Å². The summed E-state index contributed by atoms with van der Waals surface area (Å²) >= 11 is 0. The number of carboxylic acids is 1. The third-order valence-electron chi connectivity index (χ3n) is 4.35. The number of alkyl halides is 2. The number of halogens is 2. The maximum absolute atomic E-state index is 12.9. The molecule has 0 aromatic carbocycles. The molecule has 116 valence electrons. The van der Waals surface area contributed by atoms with Crippen molar-refractivity contribution in [3.8, 4) is 0 Å². The first-order valence-electron chi connectivity index (χ1n) is 7.28. The number of hydrogen-bond donors (Lipinski definition) is 1. The van der Waals surface area contributed by atoms with E-state index in [0.29, 0.717) is 17.7 Å². The predicted molar refractivity (Wildman–Crippen MR) is 73.5 cm³/mol. The minimum absolute atomic E-state index is 0.0559. The lowest BCUT2D eigenvalue weighted by Gasteiger charge is -2.30. The largest absolute Gasteiger partial charge is 0.478 e. The summed E-state index contributed by atoms with van der Waals surface area (Å²) in [6.45, 7) is 4.39. The zero-order chi connectivity index (χ0) is 15.6. The van der Waals surface area contributed by atoms with E-state index in [4.69, 9.17) is 5.11 Å². The molecular formula is C15H20F2N2O2. The Kier molecular flexibility index (Phi) is 4.85. The molecule has 0 spiro atoms. The fourth-order valence-corrected chi connectivity index (χ4v) is 2.98. The molecule has 0 unspecified atom stereocenters. The maximum atomic E-state index is 12.9. The molecule has 1 aromatic heterocycles. The van der Waals surface area contributed by atoms with Gasteiger partial charge in [0.05, 0.1) is 0 Å². The van der Waals surface area contributed by atoms with Gasteiger partial charge in [-0.25, -0.2) is 23.5 Å². The Morgan fingerprint density at radius 2 is 1.90 bits per heavy atom. The van der Waals surface area contributed by atoms with Crippen LogP contribution in [0.4, 0.5) is 8.78 Å². The number of rotatable bonds is 4. The highest BCUT2D eigenvalue weighted by atomic mass is 19.3. The Morgan fingerprint density at radius 3 is 2.38 bits per heavy atom. The minimum Gasteiger partial charge on any atom is -0.478 e. The molecular weight excluding hydrogens is 278 g/mol. The van der Waals surface area contributed by atoms with Crippen LogP contribution in [0, 0.1) is 11.8 Å². The average Bonchev–Trinajstić information content (AvgIpc) is 2.46. The standard InChI is InChI=1S/C15H20F2N2O2/c1-8(2)9-3-5-10(6-4-9)14-18-7-11(15(20)21)12(19-14)13(16)17/h7-10,13H,3-6H2,1-2H3,(H,20,21). The lowest BCUT2D eigenvalue weighted by atomic mass is 9.76. The highest BCUT2D eigenvalue weighted by Crippen LogP contribution is 2.37. The third kappa shape index (κ3) is 3.54. The van der Waals surface area contributed by atoms with E-state index >= 15 is 0 Å². The number of hydrogen-bond acceptors (Lipinski definition) is 3. The van der Waals surface area contributed by atoms with Gasteiger partial charge >= 0.3 is 5.97 Å². The molecule has 4 nitrogen and oxygen atoms in total. The molecule has 1 aliphatic carbocycles. The first kappa shape index (κ1) is 15.8. The van der Waals surface area contributed by atoms with Gasteiger partial charge < -0.3 is 5.11 Å². The van der Waals surface area contributed by atoms with Gasteiger partial charge in [0.1, 0.15) is 17.1 Å². The van der Waals surface area contributed by atoms with Crippen LogP contribution in [0.25, 0.3) is 0 Å². The molecule has 2 rings (SSSR count). The van der Waals surface area contributed by atoms with E-state index in [1.807, 2.05) is 0 Å². The summed E-state index contributed by atoms with van der Waals surface area (Å²) in [4.78, 5) is 18.8. The van der Waals surface area contributed by atoms with Gasteiger partial charge in [0.25, 0.3) is 6.43 Å². The number of nitrogens with zero attached hydrogens (tertiary/aromatic N) is 2. The molecule has 6 heteroatoms. The summed E-state index contributed by atoms with van der Waals surface area (Å²) < 4.78 is 25.9. The van der Waals surface area contributed by atoms with Crippen molar-refractivity contribution in [3.05, 3.63) is 23.3 Å². The second-order valence-electron chi connectivity index (χ2n) is 5.99. The second kappa shape index (κ2) is 6.45. The quantitative estimate of drug-likeness (QED) is 0.911. The normalized spacial score (nSPS) is 22.8. The second-order valence-corrected chi connectivity index (χ2v) is 5.99. The predicted octanol–water partition coefficient (Wildman–Crippen LogP) is 4.04. The Morgan fingerprint density at radius 1 is 1.29 bits per heavy atom. The number of carbonyl (C=O) groups is 1. The molecule has 0 aliphatic heterocycles. The zero-order valence-electron chi connectivity index (χ0n) is 12.2. The van der Waals surface area contributed by atoms with Gasteiger partial charge in [-0.15, -0.1) is 0 Å². The number of carboxylic acid groups (broad SMARTS) is 1. The topological polar surface area (TPSA) is 63.1 Å². The summed E-state index contributed by atoms with van der Waals surface area (Å²) in [5.41, 5.74) is -1.18. The lowest BCUT2D eigenvalue weighted by molar-refractivity contribution is 0.0681. The van der Waals surface area contributed by atoms with Crippen molar-refractivity contribution in [2.45, 2.75) is 51.9 Å². The summed E-state index contributed by atoms with van der Waals surface area (Å²) in [6.07, 6.45) is 1.94. The van der Waals surface area contributed by atoms with E-state index in [9.17, 15) is 13.6 Å². The third-order valence-corrected chi connectivity index (χ3v) is 4.35. The molecule has 0 amide bonds. The molecule has 0 bridgehead atoms. The number of aromatic carboxylic acids is 1. The van der Waals surface area contributed by atoms with E-state index < -0.39 is 23.7 Å². The molecule has 0 atom stereocenters. The van der Waals surface area contributed by atoms with Crippen molar-refractivity contribution in [3.63, 3.8) is 0 Å². The molecule has 1 saturated carbocycles. The highest BCUT2D eigenvalue weighted by Gasteiger charge is 2.28. The van der Waals surface area contributed by atoms with E-state index in [0.717, 1.165) is 31.9 Å². The maximum Gasteiger partial charge on any atom is 0.339 e. The summed E-state index contributed by atoms with van der Waals surface area (Å²) in [7, 11) is 0. The zero-order valence-corrected chi connectivity index (χ0v) is 12.2. The summed E-state index contributed by atoms with van der Waals surface area (Å²) in [6, 6.07) is 0. The van der Waals surface area contributed by atoms with Gasteiger partial charge in [-0.1, -0.05) is 13.8 Å². The van der Waals surface area contributed by atoms with Crippen molar-refractivity contribution in [2.24, 2.45) is 11.8 Å². The van der Waals surface area contributed by atoms with Crippen LogP contribution in [0.2, 0.25) is 0 Å². The molecule has 0 radical (unpaired) electrons. The lowest BCUT2D eigenvalue weighted by Crippen LogP contribution is -2.20. The first-order chi connectivity index (χ1) is 9.90. The SMILES string of the molecule is CC(C)C1CCC(c2ncc(C(=O)O)c(C(F)F)n2)CC1. The summed E-state index contributed by atoms with van der Waals surface area (Å²) in [5, 5.41) is 8.90. The van der Waals surface area contributed by atoms with Crippen molar-refractivity contribution in [1.82, 2.24) is 9.97 Å². The van der Waals surface area contributed by atoms with Gasteiger partial charge in [-0.2, -0.15) is 0 Å². The summed E-state index contributed by atoms with van der Waals surface area (Å²) in [5.74, 6) is 0.283. The van der Waals surface area contributed by atoms with E-state index in [-0.39, 0.29) is 5.92 Å². The van der Waals surface area contributed by atoms with Gasteiger partial charge in [-0.3, -0.25) is 0 Å². The Hall–Kier alpha value is -1.59. The Labute approximate surface area is 122 Å². The molecule has 1 aliphatic rings. The van der Waals surface area contributed by atoms with Crippen molar-refractivity contribution < 1.29 is 18.7 Å². The fourth-order valence-electron chi connectivity index (χ4n) is 2.98. The fraction of sp³-hybridized carbons (Fsp3) is 0.667. The highest BCUT2D eigenvalue weighted by molar-refractivity contribution is 5.88. The van der Waals surface area contributed by atoms with E-state index in [1.165, 1.54) is 0 Å². The van der Waals surface area contributed by atoms with Crippen LogP contribution >= 0.6 is 0 Å². The van der Waals surface area contributed by atoms with Crippen molar-refractivity contribution >= 4 is 5.97 Å². The van der Waals surface area contributed by atoms with Crippen LogP contribution in [0.1, 0.15) is 73.8 Å². The van der Waals surface area contributed by atoms with Crippen LogP contribution in [0.5, 0.6) is 0 Å². The van der Waals surface area contributed by atoms with Gasteiger partial charge in [0.2, 0.25) is 0 Å². The van der Waals surface area contributed by atoms with E-state index in [2.05, 4.69) is 23.8 Å². The van der Waals surface area contributed by atoms with Crippen LogP contribution < -0.4 is 0 Å². The number of aromatic nitrogens is 2. The first-order valence-corrected chi connectivity index (χ1v) is 7.28. The monoisotopic (exact) mass is 298 g/mol. The van der Waals surface area contributed by atoms with Crippen molar-refractivity contribution in [2.75, 3.05) is 0 Å². The van der Waals surface area contributed by atoms with Crippen molar-refractivity contribution in [1.29, 1.82) is 0 Å². The van der Waals surface area contributed by atoms with Crippen LogP contribution in [-0.2, 0) is 0 Å². The smallest absolute Gasteiger partial charge is 0.339 e. The van der Waals surface area contributed by atoms with Gasteiger partial charge in [0, 0.05) is 12.1 Å². The molecule has 1 N–H and O–H groups in total. The molecule has 1 fully saturated rings. The van der Waals surface area contributed by atoms with Gasteiger partial charge in [0.15, 0.2) is 0 Å². The van der Waals surface area contributed by atoms with E-state index in [1.54, 1.807) is 0 Å². The van der Waals surface area contributed by atoms with Gasteiger partial charge in [-0.05, 0) is 37.5 Å². The van der Waals surface area contributed by atoms with Crippen LogP contribution in [0.3, 0.4) is 0 Å². The average molecular weight is 298 g/mol. The van der Waals surface area contributed by atoms with Crippen LogP contribution in [0.15, 0.2) is 6.20 Å². The molecule has 21 heavy (non-hydrogen) atoms. The Balaban J connectivity index is 2.18.